The summed E-state index contributed by atoms with van der Waals surface area (Å²) in [6.07, 6.45) is 8.48. The Labute approximate surface area is 151 Å². The molecule has 0 saturated heterocycles. The molecule has 24 heavy (non-hydrogen) atoms. The van der Waals surface area contributed by atoms with E-state index in [0.29, 0.717) is 0 Å². The predicted molar refractivity (Wildman–Crippen MR) is 99.6 cm³/mol. The zero-order chi connectivity index (χ0) is 16.9. The van der Waals surface area contributed by atoms with E-state index in [1.165, 1.54) is 36.8 Å². The Morgan fingerprint density at radius 2 is 1.54 bits per heavy atom. The first-order valence-electron chi connectivity index (χ1n) is 9.83. The van der Waals surface area contributed by atoms with E-state index in [4.69, 9.17) is 11.6 Å². The molecule has 2 atom stereocenters. The summed E-state index contributed by atoms with van der Waals surface area (Å²) in [6.45, 7) is 4.45. The summed E-state index contributed by atoms with van der Waals surface area (Å²) in [6, 6.07) is 9.15. The van der Waals surface area contributed by atoms with E-state index in [1.807, 2.05) is 0 Å². The fourth-order valence-electron chi connectivity index (χ4n) is 5.58. The lowest BCUT2D eigenvalue weighted by Crippen LogP contribution is -2.58. The van der Waals surface area contributed by atoms with Crippen molar-refractivity contribution in [2.24, 2.45) is 11.3 Å². The second kappa shape index (κ2) is 6.01. The number of benzene rings is 1. The van der Waals surface area contributed by atoms with Crippen molar-refractivity contribution >= 4 is 11.6 Å². The van der Waals surface area contributed by atoms with Crippen molar-refractivity contribution in [1.82, 2.24) is 0 Å². The molecule has 0 heterocycles. The number of halogens is 2. The highest BCUT2D eigenvalue weighted by Crippen LogP contribution is 2.60. The van der Waals surface area contributed by atoms with Gasteiger partial charge in [0.05, 0.1) is 5.38 Å². The van der Waals surface area contributed by atoms with Gasteiger partial charge in [-0.2, -0.15) is 0 Å². The van der Waals surface area contributed by atoms with Crippen LogP contribution in [0.15, 0.2) is 24.3 Å². The van der Waals surface area contributed by atoms with Crippen LogP contribution in [0.3, 0.4) is 0 Å². The molecule has 132 valence electrons. The molecule has 0 nitrogen and oxygen atoms in total. The van der Waals surface area contributed by atoms with Gasteiger partial charge in [0, 0.05) is 10.8 Å². The highest BCUT2D eigenvalue weighted by Gasteiger charge is 2.59. The predicted octanol–water partition coefficient (Wildman–Crippen LogP) is 6.76. The number of hydrogen-bond donors (Lipinski definition) is 0. The summed E-state index contributed by atoms with van der Waals surface area (Å²) in [5.74, 6) is 1.60. The van der Waals surface area contributed by atoms with E-state index in [9.17, 15) is 4.39 Å². The van der Waals surface area contributed by atoms with Crippen LogP contribution in [0.25, 0.3) is 0 Å². The molecule has 4 aliphatic carbocycles. The maximum Gasteiger partial charge on any atom is 0.123 e. The maximum atomic E-state index is 14.9. The van der Waals surface area contributed by atoms with Gasteiger partial charge in [0.2, 0.25) is 0 Å². The Kier molecular flexibility index (Phi) is 4.23. The quantitative estimate of drug-likeness (QED) is 0.518. The SMILES string of the molecule is CC1CCC(c2ccc(C34CCC(C)(CC3)C(F)C4Cl)cc2)CC1. The van der Waals surface area contributed by atoms with Crippen molar-refractivity contribution in [3.05, 3.63) is 35.4 Å². The highest BCUT2D eigenvalue weighted by molar-refractivity contribution is 6.22. The fraction of sp³-hybridized carbons (Fsp3) is 0.727. The van der Waals surface area contributed by atoms with Gasteiger partial charge in [-0.3, -0.25) is 0 Å². The molecular weight excluding hydrogens is 319 g/mol. The second-order valence-electron chi connectivity index (χ2n) is 9.19. The van der Waals surface area contributed by atoms with E-state index in [0.717, 1.165) is 37.5 Å². The van der Waals surface area contributed by atoms with Crippen molar-refractivity contribution in [2.45, 2.75) is 88.1 Å². The smallest absolute Gasteiger partial charge is 0.123 e. The van der Waals surface area contributed by atoms with E-state index in [2.05, 4.69) is 38.1 Å². The van der Waals surface area contributed by atoms with Gasteiger partial charge < -0.3 is 0 Å². The average Bonchev–Trinajstić information content (AvgIpc) is 2.61. The Hall–Kier alpha value is -0.560. The van der Waals surface area contributed by atoms with Crippen LogP contribution in [0.2, 0.25) is 0 Å². The van der Waals surface area contributed by atoms with Crippen LogP contribution < -0.4 is 0 Å². The topological polar surface area (TPSA) is 0 Å². The minimum atomic E-state index is -0.874. The summed E-state index contributed by atoms with van der Waals surface area (Å²) in [5.41, 5.74) is 2.42. The first kappa shape index (κ1) is 16.9. The first-order valence-corrected chi connectivity index (χ1v) is 10.3. The minimum Gasteiger partial charge on any atom is -0.245 e. The second-order valence-corrected chi connectivity index (χ2v) is 9.66. The van der Waals surface area contributed by atoms with Crippen molar-refractivity contribution in [1.29, 1.82) is 0 Å². The largest absolute Gasteiger partial charge is 0.245 e. The first-order chi connectivity index (χ1) is 11.4. The van der Waals surface area contributed by atoms with Gasteiger partial charge in [0.1, 0.15) is 6.17 Å². The average molecular weight is 349 g/mol. The number of hydrogen-bond acceptors (Lipinski definition) is 0. The molecule has 0 aromatic heterocycles. The third-order valence-electron chi connectivity index (χ3n) is 7.71. The third kappa shape index (κ3) is 2.54. The van der Waals surface area contributed by atoms with Crippen LogP contribution in [-0.4, -0.2) is 11.5 Å². The van der Waals surface area contributed by atoms with Gasteiger partial charge in [-0.05, 0) is 61.5 Å². The Morgan fingerprint density at radius 3 is 2.12 bits per heavy atom. The molecule has 0 spiro atoms. The third-order valence-corrected chi connectivity index (χ3v) is 8.35. The maximum absolute atomic E-state index is 14.9. The summed E-state index contributed by atoms with van der Waals surface area (Å²) in [4.78, 5) is 0. The number of rotatable bonds is 2. The van der Waals surface area contributed by atoms with Gasteiger partial charge in [0.15, 0.2) is 0 Å². The van der Waals surface area contributed by atoms with Crippen LogP contribution >= 0.6 is 11.6 Å². The molecule has 2 bridgehead atoms. The zero-order valence-corrected chi connectivity index (χ0v) is 15.8. The van der Waals surface area contributed by atoms with Crippen molar-refractivity contribution in [3.8, 4) is 0 Å². The lowest BCUT2D eigenvalue weighted by molar-refractivity contribution is -0.0266. The molecule has 4 fully saturated rings. The minimum absolute atomic E-state index is 0.141. The van der Waals surface area contributed by atoms with Gasteiger partial charge in [-0.25, -0.2) is 4.39 Å². The van der Waals surface area contributed by atoms with Crippen molar-refractivity contribution < 1.29 is 4.39 Å². The molecule has 5 rings (SSSR count). The van der Waals surface area contributed by atoms with Crippen LogP contribution in [0.5, 0.6) is 0 Å². The summed E-state index contributed by atoms with van der Waals surface area (Å²) < 4.78 is 14.9. The number of fused-ring (bicyclic) bond motifs is 3. The molecule has 0 N–H and O–H groups in total. The normalized spacial score (nSPS) is 45.3. The van der Waals surface area contributed by atoms with Crippen molar-refractivity contribution in [2.75, 3.05) is 0 Å². The van der Waals surface area contributed by atoms with E-state index in [1.54, 1.807) is 0 Å². The van der Waals surface area contributed by atoms with Gasteiger partial charge in [0.25, 0.3) is 0 Å². The Bertz CT molecular complexity index is 576. The molecule has 0 aliphatic heterocycles. The molecular formula is C22H30ClF. The molecule has 4 saturated carbocycles. The monoisotopic (exact) mass is 348 g/mol. The van der Waals surface area contributed by atoms with Gasteiger partial charge in [-0.1, -0.05) is 51.0 Å². The molecule has 1 aromatic rings. The standard InChI is InChI=1S/C22H30ClF/c1-15-3-5-16(6-4-15)17-7-9-18(10-8-17)22-13-11-21(2,12-14-22)20(24)19(22)23/h7-10,15-16,19-20H,3-6,11-14H2,1-2H3. The lowest BCUT2D eigenvalue weighted by Gasteiger charge is -2.57. The van der Waals surface area contributed by atoms with Crippen LogP contribution in [0.1, 0.15) is 82.3 Å². The molecule has 1 aromatic carbocycles. The highest BCUT2D eigenvalue weighted by atomic mass is 35.5. The molecule has 4 aliphatic rings. The zero-order valence-electron chi connectivity index (χ0n) is 15.0. The molecule has 0 amide bonds. The van der Waals surface area contributed by atoms with E-state index >= 15 is 0 Å². The van der Waals surface area contributed by atoms with Gasteiger partial charge >= 0.3 is 0 Å². The van der Waals surface area contributed by atoms with E-state index in [-0.39, 0.29) is 16.2 Å². The lowest BCUT2D eigenvalue weighted by atomic mass is 9.51. The van der Waals surface area contributed by atoms with Crippen LogP contribution in [0.4, 0.5) is 4.39 Å². The number of alkyl halides is 2. The molecule has 0 radical (unpaired) electrons. The van der Waals surface area contributed by atoms with Gasteiger partial charge in [-0.15, -0.1) is 11.6 Å². The van der Waals surface area contributed by atoms with E-state index < -0.39 is 6.17 Å². The summed E-state index contributed by atoms with van der Waals surface area (Å²) in [7, 11) is 0. The van der Waals surface area contributed by atoms with Crippen molar-refractivity contribution in [3.63, 3.8) is 0 Å². The molecule has 2 unspecified atom stereocenters. The summed E-state index contributed by atoms with van der Waals surface area (Å²) in [5, 5.41) is -0.369. The van der Waals surface area contributed by atoms with Crippen LogP contribution in [-0.2, 0) is 5.41 Å². The van der Waals surface area contributed by atoms with Crippen LogP contribution in [0, 0.1) is 11.3 Å². The Balaban J connectivity index is 1.57. The molecule has 2 heteroatoms. The fourth-order valence-corrected chi connectivity index (χ4v) is 6.23. The summed E-state index contributed by atoms with van der Waals surface area (Å²) >= 11 is 6.67. The Morgan fingerprint density at radius 1 is 0.958 bits per heavy atom.